The van der Waals surface area contributed by atoms with Gasteiger partial charge in [0.2, 0.25) is 0 Å². The molecule has 1 aromatic rings. The van der Waals surface area contributed by atoms with Crippen molar-refractivity contribution in [2.45, 2.75) is 6.61 Å². The lowest BCUT2D eigenvalue weighted by molar-refractivity contribution is 0.0595. The minimum absolute atomic E-state index is 0.147. The van der Waals surface area contributed by atoms with Crippen LogP contribution in [0, 0.1) is 17.1 Å². The normalized spacial score (nSPS) is 9.47. The maximum atomic E-state index is 13.4. The van der Waals surface area contributed by atoms with E-state index in [9.17, 15) is 9.18 Å². The van der Waals surface area contributed by atoms with Gasteiger partial charge >= 0.3 is 5.97 Å². The van der Waals surface area contributed by atoms with Crippen LogP contribution < -0.4 is 0 Å². The number of ether oxygens (including phenoxy) is 1. The molecule has 1 aromatic carbocycles. The van der Waals surface area contributed by atoms with Crippen molar-refractivity contribution in [1.82, 2.24) is 0 Å². The van der Waals surface area contributed by atoms with Crippen molar-refractivity contribution in [3.05, 3.63) is 34.6 Å². The Morgan fingerprint density at radius 1 is 1.67 bits per heavy atom. The molecule has 0 fully saturated rings. The monoisotopic (exact) mass is 209 g/mol. The van der Waals surface area contributed by atoms with Gasteiger partial charge in [0, 0.05) is 0 Å². The largest absolute Gasteiger partial charge is 0.465 e. The lowest BCUT2D eigenvalue weighted by Crippen LogP contribution is -2.08. The fourth-order valence-corrected chi connectivity index (χ4v) is 1.15. The van der Waals surface area contributed by atoms with Gasteiger partial charge in [-0.2, -0.15) is 5.26 Å². The van der Waals surface area contributed by atoms with Crippen LogP contribution in [0.5, 0.6) is 0 Å². The topological polar surface area (TPSA) is 70.3 Å². The van der Waals surface area contributed by atoms with Crippen molar-refractivity contribution >= 4 is 5.97 Å². The average molecular weight is 209 g/mol. The molecule has 0 atom stereocenters. The Balaban J connectivity index is 3.39. The number of nitriles is 1. The number of esters is 1. The molecule has 1 rings (SSSR count). The third-order valence-electron chi connectivity index (χ3n) is 1.84. The standard InChI is InChI=1S/C10H8FNO3/c1-15-10(14)9-7(4-12)2-6(5-13)3-8(9)11/h2-3,13H,5H2,1H3. The first-order valence-corrected chi connectivity index (χ1v) is 4.05. The van der Waals surface area contributed by atoms with E-state index in [1.54, 1.807) is 6.07 Å². The molecule has 0 spiro atoms. The molecular weight excluding hydrogens is 201 g/mol. The third-order valence-corrected chi connectivity index (χ3v) is 1.84. The molecule has 0 bridgehead atoms. The second-order valence-corrected chi connectivity index (χ2v) is 2.76. The van der Waals surface area contributed by atoms with Gasteiger partial charge in [0.1, 0.15) is 17.4 Å². The molecule has 1 N–H and O–H groups in total. The van der Waals surface area contributed by atoms with E-state index in [1.165, 1.54) is 6.07 Å². The molecule has 0 aromatic heterocycles. The molecule has 0 aliphatic carbocycles. The summed E-state index contributed by atoms with van der Waals surface area (Å²) in [5.74, 6) is -1.78. The second-order valence-electron chi connectivity index (χ2n) is 2.76. The summed E-state index contributed by atoms with van der Waals surface area (Å²) in [5, 5.41) is 17.5. The van der Waals surface area contributed by atoms with E-state index >= 15 is 0 Å². The molecule has 0 saturated heterocycles. The van der Waals surface area contributed by atoms with Crippen molar-refractivity contribution in [2.75, 3.05) is 7.11 Å². The lowest BCUT2D eigenvalue weighted by atomic mass is 10.0. The Bertz CT molecular complexity index is 437. The van der Waals surface area contributed by atoms with Gasteiger partial charge in [-0.15, -0.1) is 0 Å². The van der Waals surface area contributed by atoms with Gasteiger partial charge in [0.25, 0.3) is 0 Å². The highest BCUT2D eigenvalue weighted by Gasteiger charge is 2.18. The summed E-state index contributed by atoms with van der Waals surface area (Å²) in [6, 6.07) is 3.91. The smallest absolute Gasteiger partial charge is 0.342 e. The van der Waals surface area contributed by atoms with Gasteiger partial charge in [0.05, 0.1) is 19.3 Å². The first-order valence-electron chi connectivity index (χ1n) is 4.05. The molecule has 0 radical (unpaired) electrons. The van der Waals surface area contributed by atoms with Crippen LogP contribution >= 0.6 is 0 Å². The number of hydrogen-bond acceptors (Lipinski definition) is 4. The highest BCUT2D eigenvalue weighted by atomic mass is 19.1. The van der Waals surface area contributed by atoms with Crippen molar-refractivity contribution in [3.63, 3.8) is 0 Å². The number of halogens is 1. The average Bonchev–Trinajstić information content (AvgIpc) is 2.26. The maximum absolute atomic E-state index is 13.4. The molecular formula is C10H8FNO3. The van der Waals surface area contributed by atoms with Crippen LogP contribution in [0.15, 0.2) is 12.1 Å². The summed E-state index contributed by atoms with van der Waals surface area (Å²) in [4.78, 5) is 11.1. The van der Waals surface area contributed by atoms with Crippen LogP contribution in [0.3, 0.4) is 0 Å². The van der Waals surface area contributed by atoms with Crippen molar-refractivity contribution in [1.29, 1.82) is 5.26 Å². The highest BCUT2D eigenvalue weighted by molar-refractivity contribution is 5.92. The van der Waals surface area contributed by atoms with Gasteiger partial charge in [-0.25, -0.2) is 9.18 Å². The summed E-state index contributed by atoms with van der Waals surface area (Å²) < 4.78 is 17.7. The molecule has 0 aliphatic rings. The van der Waals surface area contributed by atoms with Crippen LogP contribution in [0.4, 0.5) is 4.39 Å². The number of aliphatic hydroxyl groups is 1. The third kappa shape index (κ3) is 2.11. The van der Waals surface area contributed by atoms with E-state index in [4.69, 9.17) is 10.4 Å². The molecule has 0 aliphatic heterocycles. The Labute approximate surface area is 85.5 Å². The Hall–Kier alpha value is -1.93. The predicted molar refractivity (Wildman–Crippen MR) is 48.4 cm³/mol. The van der Waals surface area contributed by atoms with E-state index in [0.717, 1.165) is 13.2 Å². The second kappa shape index (κ2) is 4.53. The fraction of sp³-hybridized carbons (Fsp3) is 0.200. The molecule has 0 unspecified atom stereocenters. The number of rotatable bonds is 2. The Kier molecular flexibility index (Phi) is 3.37. The molecule has 0 heterocycles. The summed E-state index contributed by atoms with van der Waals surface area (Å²) in [7, 11) is 1.10. The minimum Gasteiger partial charge on any atom is -0.465 e. The highest BCUT2D eigenvalue weighted by Crippen LogP contribution is 2.17. The molecule has 0 saturated carbocycles. The first-order chi connectivity index (χ1) is 7.13. The summed E-state index contributed by atoms with van der Waals surface area (Å²) in [5.41, 5.74) is -0.320. The zero-order valence-electron chi connectivity index (χ0n) is 7.95. The van der Waals surface area contributed by atoms with E-state index in [0.29, 0.717) is 0 Å². The molecule has 0 amide bonds. The predicted octanol–water partition coefficient (Wildman–Crippen LogP) is 0.976. The summed E-state index contributed by atoms with van der Waals surface area (Å²) in [6.07, 6.45) is 0. The number of hydrogen-bond donors (Lipinski definition) is 1. The van der Waals surface area contributed by atoms with Gasteiger partial charge in [-0.1, -0.05) is 0 Å². The fourth-order valence-electron chi connectivity index (χ4n) is 1.15. The Morgan fingerprint density at radius 2 is 2.33 bits per heavy atom. The lowest BCUT2D eigenvalue weighted by Gasteiger charge is -2.05. The quantitative estimate of drug-likeness (QED) is 0.737. The van der Waals surface area contributed by atoms with Crippen LogP contribution in [-0.2, 0) is 11.3 Å². The number of nitrogens with zero attached hydrogens (tertiary/aromatic N) is 1. The van der Waals surface area contributed by atoms with Gasteiger partial charge in [-0.05, 0) is 17.7 Å². The van der Waals surface area contributed by atoms with E-state index in [1.807, 2.05) is 0 Å². The number of carbonyl (C=O) groups is 1. The van der Waals surface area contributed by atoms with Gasteiger partial charge in [-0.3, -0.25) is 0 Å². The first kappa shape index (κ1) is 11.1. The molecule has 5 heteroatoms. The zero-order chi connectivity index (χ0) is 11.4. The van der Waals surface area contributed by atoms with Crippen molar-refractivity contribution < 1.29 is 19.0 Å². The maximum Gasteiger partial charge on any atom is 0.342 e. The molecule has 4 nitrogen and oxygen atoms in total. The summed E-state index contributed by atoms with van der Waals surface area (Å²) in [6.45, 7) is -0.396. The number of aliphatic hydroxyl groups excluding tert-OH is 1. The number of benzene rings is 1. The van der Waals surface area contributed by atoms with Crippen molar-refractivity contribution in [2.24, 2.45) is 0 Å². The SMILES string of the molecule is COC(=O)c1c(F)cc(CO)cc1C#N. The Morgan fingerprint density at radius 3 is 2.80 bits per heavy atom. The van der Waals surface area contributed by atoms with E-state index < -0.39 is 24.0 Å². The van der Waals surface area contributed by atoms with Crippen molar-refractivity contribution in [3.8, 4) is 6.07 Å². The van der Waals surface area contributed by atoms with Crippen LogP contribution in [0.1, 0.15) is 21.5 Å². The van der Waals surface area contributed by atoms with Crippen LogP contribution in [-0.4, -0.2) is 18.2 Å². The van der Waals surface area contributed by atoms with Crippen LogP contribution in [0.25, 0.3) is 0 Å². The summed E-state index contributed by atoms with van der Waals surface area (Å²) >= 11 is 0. The minimum atomic E-state index is -0.909. The number of carbonyl (C=O) groups excluding carboxylic acids is 1. The zero-order valence-corrected chi connectivity index (χ0v) is 7.95. The number of methoxy groups -OCH3 is 1. The van der Waals surface area contributed by atoms with Gasteiger partial charge in [0.15, 0.2) is 0 Å². The molecule has 78 valence electrons. The van der Waals surface area contributed by atoms with E-state index in [-0.39, 0.29) is 11.1 Å². The van der Waals surface area contributed by atoms with E-state index in [2.05, 4.69) is 4.74 Å². The van der Waals surface area contributed by atoms with Crippen LogP contribution in [0.2, 0.25) is 0 Å². The van der Waals surface area contributed by atoms with Gasteiger partial charge < -0.3 is 9.84 Å². The molecule has 15 heavy (non-hydrogen) atoms.